The summed E-state index contributed by atoms with van der Waals surface area (Å²) >= 11 is 0. The molecule has 1 aromatic carbocycles. The van der Waals surface area contributed by atoms with E-state index in [2.05, 4.69) is 12.2 Å². The number of hydrogen-bond acceptors (Lipinski definition) is 2. The SMILES string of the molecule is CCCN(CCc1cccc(F)c1)C(=O)CC1CCCN1.Cl. The lowest BCUT2D eigenvalue weighted by Gasteiger charge is -2.24. The van der Waals surface area contributed by atoms with E-state index in [0.717, 1.165) is 37.9 Å². The van der Waals surface area contributed by atoms with Crippen LogP contribution >= 0.6 is 12.4 Å². The zero-order chi connectivity index (χ0) is 15.1. The minimum absolute atomic E-state index is 0. The highest BCUT2D eigenvalue weighted by Gasteiger charge is 2.21. The summed E-state index contributed by atoms with van der Waals surface area (Å²) < 4.78 is 13.2. The van der Waals surface area contributed by atoms with Gasteiger partial charge in [0.2, 0.25) is 5.91 Å². The van der Waals surface area contributed by atoms with Crippen LogP contribution in [0.5, 0.6) is 0 Å². The monoisotopic (exact) mass is 328 g/mol. The molecule has 0 radical (unpaired) electrons. The molecule has 1 heterocycles. The highest BCUT2D eigenvalue weighted by molar-refractivity contribution is 5.85. The van der Waals surface area contributed by atoms with Crippen LogP contribution in [0.15, 0.2) is 24.3 Å². The number of carbonyl (C=O) groups excluding carboxylic acids is 1. The molecule has 1 aliphatic heterocycles. The van der Waals surface area contributed by atoms with E-state index in [1.54, 1.807) is 12.1 Å². The van der Waals surface area contributed by atoms with Gasteiger partial charge in [0.25, 0.3) is 0 Å². The van der Waals surface area contributed by atoms with E-state index in [0.29, 0.717) is 25.4 Å². The Labute approximate surface area is 138 Å². The molecule has 22 heavy (non-hydrogen) atoms. The number of nitrogens with zero attached hydrogens (tertiary/aromatic N) is 1. The van der Waals surface area contributed by atoms with Crippen molar-refractivity contribution < 1.29 is 9.18 Å². The van der Waals surface area contributed by atoms with Crippen molar-refractivity contribution in [2.24, 2.45) is 0 Å². The topological polar surface area (TPSA) is 32.3 Å². The molecular formula is C17H26ClFN2O. The van der Waals surface area contributed by atoms with Gasteiger partial charge in [-0.05, 0) is 49.9 Å². The van der Waals surface area contributed by atoms with E-state index in [1.807, 2.05) is 11.0 Å². The minimum Gasteiger partial charge on any atom is -0.342 e. The number of nitrogens with one attached hydrogen (secondary N) is 1. The van der Waals surface area contributed by atoms with Crippen molar-refractivity contribution in [3.63, 3.8) is 0 Å². The number of benzene rings is 1. The van der Waals surface area contributed by atoms with Crippen LogP contribution in [0.25, 0.3) is 0 Å². The molecule has 0 saturated carbocycles. The van der Waals surface area contributed by atoms with E-state index in [-0.39, 0.29) is 24.1 Å². The van der Waals surface area contributed by atoms with Gasteiger partial charge < -0.3 is 10.2 Å². The lowest BCUT2D eigenvalue weighted by molar-refractivity contribution is -0.131. The Morgan fingerprint density at radius 2 is 2.23 bits per heavy atom. The molecule has 2 rings (SSSR count). The Kier molecular flexibility index (Phi) is 8.43. The summed E-state index contributed by atoms with van der Waals surface area (Å²) in [5, 5.41) is 3.37. The molecule has 1 fully saturated rings. The molecule has 1 atom stereocenters. The molecule has 0 aliphatic carbocycles. The van der Waals surface area contributed by atoms with Crippen molar-refractivity contribution in [2.75, 3.05) is 19.6 Å². The number of amides is 1. The maximum Gasteiger partial charge on any atom is 0.224 e. The molecule has 1 N–H and O–H groups in total. The average Bonchev–Trinajstić information content (AvgIpc) is 2.96. The van der Waals surface area contributed by atoms with Crippen LogP contribution in [-0.2, 0) is 11.2 Å². The van der Waals surface area contributed by atoms with Crippen molar-refractivity contribution >= 4 is 18.3 Å². The van der Waals surface area contributed by atoms with Crippen LogP contribution in [-0.4, -0.2) is 36.5 Å². The van der Waals surface area contributed by atoms with E-state index < -0.39 is 0 Å². The Morgan fingerprint density at radius 3 is 2.86 bits per heavy atom. The summed E-state index contributed by atoms with van der Waals surface area (Å²) in [5.74, 6) is 0.00340. The number of rotatable bonds is 7. The normalized spacial score (nSPS) is 17.1. The van der Waals surface area contributed by atoms with Crippen LogP contribution in [0.4, 0.5) is 4.39 Å². The van der Waals surface area contributed by atoms with Crippen molar-refractivity contribution in [3.8, 4) is 0 Å². The Morgan fingerprint density at radius 1 is 1.41 bits per heavy atom. The molecule has 1 saturated heterocycles. The quantitative estimate of drug-likeness (QED) is 0.833. The lowest BCUT2D eigenvalue weighted by Crippen LogP contribution is -2.37. The smallest absolute Gasteiger partial charge is 0.224 e. The first-order valence-electron chi connectivity index (χ1n) is 7.94. The first-order valence-corrected chi connectivity index (χ1v) is 7.94. The van der Waals surface area contributed by atoms with Gasteiger partial charge >= 0.3 is 0 Å². The zero-order valence-electron chi connectivity index (χ0n) is 13.2. The Bertz CT molecular complexity index is 464. The van der Waals surface area contributed by atoms with E-state index >= 15 is 0 Å². The summed E-state index contributed by atoms with van der Waals surface area (Å²) in [6.45, 7) is 4.55. The molecule has 0 spiro atoms. The van der Waals surface area contributed by atoms with Crippen LogP contribution in [0.3, 0.4) is 0 Å². The fourth-order valence-electron chi connectivity index (χ4n) is 2.86. The first-order chi connectivity index (χ1) is 10.2. The van der Waals surface area contributed by atoms with Crippen LogP contribution < -0.4 is 5.32 Å². The maximum absolute atomic E-state index is 13.2. The highest BCUT2D eigenvalue weighted by Crippen LogP contribution is 2.12. The van der Waals surface area contributed by atoms with Gasteiger partial charge in [-0.25, -0.2) is 4.39 Å². The molecule has 1 aromatic rings. The fraction of sp³-hybridized carbons (Fsp3) is 0.588. The third-order valence-electron chi connectivity index (χ3n) is 3.99. The lowest BCUT2D eigenvalue weighted by atomic mass is 10.1. The maximum atomic E-state index is 13.2. The number of hydrogen-bond donors (Lipinski definition) is 1. The Balaban J connectivity index is 0.00000242. The largest absolute Gasteiger partial charge is 0.342 e. The fourth-order valence-corrected chi connectivity index (χ4v) is 2.86. The minimum atomic E-state index is -0.212. The van der Waals surface area contributed by atoms with Gasteiger partial charge in [0.05, 0.1) is 0 Å². The number of halogens is 2. The van der Waals surface area contributed by atoms with Gasteiger partial charge in [-0.1, -0.05) is 19.1 Å². The third-order valence-corrected chi connectivity index (χ3v) is 3.99. The van der Waals surface area contributed by atoms with Crippen molar-refractivity contribution in [1.82, 2.24) is 10.2 Å². The summed E-state index contributed by atoms with van der Waals surface area (Å²) in [6, 6.07) is 6.97. The predicted octanol–water partition coefficient (Wildman–Crippen LogP) is 3.17. The second-order valence-corrected chi connectivity index (χ2v) is 5.76. The van der Waals surface area contributed by atoms with Crippen molar-refractivity contribution in [3.05, 3.63) is 35.6 Å². The summed E-state index contributed by atoms with van der Waals surface area (Å²) in [4.78, 5) is 14.3. The molecule has 124 valence electrons. The highest BCUT2D eigenvalue weighted by atomic mass is 35.5. The second-order valence-electron chi connectivity index (χ2n) is 5.76. The van der Waals surface area contributed by atoms with Crippen molar-refractivity contribution in [2.45, 2.75) is 45.1 Å². The molecular weight excluding hydrogens is 303 g/mol. The predicted molar refractivity (Wildman–Crippen MR) is 89.9 cm³/mol. The molecule has 3 nitrogen and oxygen atoms in total. The van der Waals surface area contributed by atoms with Crippen molar-refractivity contribution in [1.29, 1.82) is 0 Å². The van der Waals surface area contributed by atoms with Crippen LogP contribution in [0.2, 0.25) is 0 Å². The molecule has 1 unspecified atom stereocenters. The average molecular weight is 329 g/mol. The molecule has 1 aliphatic rings. The third kappa shape index (κ3) is 5.93. The van der Waals surface area contributed by atoms with Crippen LogP contribution in [0.1, 0.15) is 38.2 Å². The van der Waals surface area contributed by atoms with Gasteiger partial charge in [-0.3, -0.25) is 4.79 Å². The van der Waals surface area contributed by atoms with Crippen LogP contribution in [0, 0.1) is 5.82 Å². The molecule has 0 bridgehead atoms. The van der Waals surface area contributed by atoms with Gasteiger partial charge in [0.15, 0.2) is 0 Å². The molecule has 0 aromatic heterocycles. The van der Waals surface area contributed by atoms with E-state index in [4.69, 9.17) is 0 Å². The summed E-state index contributed by atoms with van der Waals surface area (Å²) in [5.41, 5.74) is 0.947. The van der Waals surface area contributed by atoms with Gasteiger partial charge in [-0.2, -0.15) is 0 Å². The van der Waals surface area contributed by atoms with E-state index in [9.17, 15) is 9.18 Å². The Hall–Kier alpha value is -1.13. The zero-order valence-corrected chi connectivity index (χ0v) is 14.0. The molecule has 1 amide bonds. The summed E-state index contributed by atoms with van der Waals surface area (Å²) in [6.07, 6.45) is 4.50. The standard InChI is InChI=1S/C17H25FN2O.ClH/c1-2-10-20(17(21)13-16-7-4-9-19-16)11-8-14-5-3-6-15(18)12-14;/h3,5-6,12,16,19H,2,4,7-11,13H2,1H3;1H. The van der Waals surface area contributed by atoms with Gasteiger partial charge in [0, 0.05) is 25.6 Å². The number of carbonyl (C=O) groups is 1. The summed E-state index contributed by atoms with van der Waals surface area (Å²) in [7, 11) is 0. The van der Waals surface area contributed by atoms with Gasteiger partial charge in [0.1, 0.15) is 5.82 Å². The second kappa shape index (κ2) is 9.80. The van der Waals surface area contributed by atoms with E-state index in [1.165, 1.54) is 6.07 Å². The van der Waals surface area contributed by atoms with Gasteiger partial charge in [-0.15, -0.1) is 12.4 Å². The molecule has 5 heteroatoms. The first kappa shape index (κ1) is 18.9.